The minimum Gasteiger partial charge on any atom is -0.496 e. The van der Waals surface area contributed by atoms with Crippen LogP contribution in [0.5, 0.6) is 5.75 Å². The molecule has 0 spiro atoms. The third-order valence-electron chi connectivity index (χ3n) is 3.38. The number of thioether (sulfide) groups is 1. The molecule has 0 unspecified atom stereocenters. The molecule has 3 nitrogen and oxygen atoms in total. The lowest BCUT2D eigenvalue weighted by Gasteiger charge is -2.18. The van der Waals surface area contributed by atoms with E-state index in [-0.39, 0.29) is 11.7 Å². The van der Waals surface area contributed by atoms with Gasteiger partial charge in [0.1, 0.15) is 11.6 Å². The molecule has 0 heterocycles. The van der Waals surface area contributed by atoms with Gasteiger partial charge in [0.25, 0.3) is 5.91 Å². The first-order valence-electron chi connectivity index (χ1n) is 6.87. The Balaban J connectivity index is 2.16. The molecule has 0 aliphatic carbocycles. The summed E-state index contributed by atoms with van der Waals surface area (Å²) in [6.07, 6.45) is 1.98. The van der Waals surface area contributed by atoms with Gasteiger partial charge in [-0.25, -0.2) is 4.39 Å². The number of amides is 1. The third-order valence-corrected chi connectivity index (χ3v) is 5.03. The van der Waals surface area contributed by atoms with Gasteiger partial charge in [-0.05, 0) is 64.7 Å². The molecule has 0 aliphatic rings. The van der Waals surface area contributed by atoms with E-state index in [2.05, 4.69) is 0 Å². The predicted octanol–water partition coefficient (Wildman–Crippen LogP) is 4.43. The van der Waals surface area contributed by atoms with Crippen LogP contribution in [0, 0.1) is 9.39 Å². The Labute approximate surface area is 153 Å². The highest BCUT2D eigenvalue weighted by atomic mass is 127. The van der Waals surface area contributed by atoms with Crippen LogP contribution >= 0.6 is 34.4 Å². The molecule has 1 amide bonds. The normalized spacial score (nSPS) is 10.5. The lowest BCUT2D eigenvalue weighted by Crippen LogP contribution is -2.26. The lowest BCUT2D eigenvalue weighted by atomic mass is 10.1. The van der Waals surface area contributed by atoms with Crippen molar-refractivity contribution < 1.29 is 13.9 Å². The number of carbonyl (C=O) groups is 1. The molecule has 0 atom stereocenters. The summed E-state index contributed by atoms with van der Waals surface area (Å²) in [4.78, 5) is 15.0. The summed E-state index contributed by atoms with van der Waals surface area (Å²) < 4.78 is 19.5. The lowest BCUT2D eigenvalue weighted by molar-refractivity contribution is 0.0784. The number of nitrogens with zero attached hydrogens (tertiary/aromatic N) is 1. The number of ether oxygens (including phenoxy) is 1. The maximum atomic E-state index is 13.6. The standard InChI is InChI=1S/C17H17FINO2S/c1-20(17(21)12-5-6-14(19)13(18)9-12)10-11-4-7-16(23-3)15(8-11)22-2/h4-9H,10H2,1-3H3. The fourth-order valence-electron chi connectivity index (χ4n) is 2.17. The number of rotatable bonds is 5. The van der Waals surface area contributed by atoms with Crippen molar-refractivity contribution >= 4 is 40.3 Å². The summed E-state index contributed by atoms with van der Waals surface area (Å²) in [6.45, 7) is 0.428. The van der Waals surface area contributed by atoms with Gasteiger partial charge >= 0.3 is 0 Å². The smallest absolute Gasteiger partial charge is 0.253 e. The van der Waals surface area contributed by atoms with Gasteiger partial charge in [0.2, 0.25) is 0 Å². The van der Waals surface area contributed by atoms with Crippen molar-refractivity contribution in [3.05, 3.63) is 56.9 Å². The summed E-state index contributed by atoms with van der Waals surface area (Å²) in [6, 6.07) is 10.4. The number of methoxy groups -OCH3 is 1. The van der Waals surface area contributed by atoms with Crippen LogP contribution in [0.15, 0.2) is 41.3 Å². The Hall–Kier alpha value is -1.28. The van der Waals surface area contributed by atoms with Crippen molar-refractivity contribution in [3.63, 3.8) is 0 Å². The van der Waals surface area contributed by atoms with E-state index in [1.165, 1.54) is 6.07 Å². The van der Waals surface area contributed by atoms with Crippen LogP contribution in [0.25, 0.3) is 0 Å². The highest BCUT2D eigenvalue weighted by Gasteiger charge is 2.14. The van der Waals surface area contributed by atoms with Crippen molar-refractivity contribution in [2.24, 2.45) is 0 Å². The monoisotopic (exact) mass is 445 g/mol. The summed E-state index contributed by atoms with van der Waals surface area (Å²) >= 11 is 3.50. The maximum Gasteiger partial charge on any atom is 0.253 e. The zero-order chi connectivity index (χ0) is 17.0. The molecule has 0 aromatic heterocycles. The van der Waals surface area contributed by atoms with Crippen LogP contribution in [-0.2, 0) is 6.54 Å². The zero-order valence-electron chi connectivity index (χ0n) is 13.1. The molecule has 122 valence electrons. The molecule has 23 heavy (non-hydrogen) atoms. The molecule has 2 aromatic rings. The summed E-state index contributed by atoms with van der Waals surface area (Å²) in [5.41, 5.74) is 1.31. The Morgan fingerprint density at radius 2 is 2.04 bits per heavy atom. The number of hydrogen-bond acceptors (Lipinski definition) is 3. The minimum atomic E-state index is -0.379. The highest BCUT2D eigenvalue weighted by molar-refractivity contribution is 14.1. The van der Waals surface area contributed by atoms with Crippen LogP contribution in [0.1, 0.15) is 15.9 Å². The maximum absolute atomic E-state index is 13.6. The summed E-state index contributed by atoms with van der Waals surface area (Å²) in [7, 11) is 3.33. The highest BCUT2D eigenvalue weighted by Crippen LogP contribution is 2.28. The number of hydrogen-bond donors (Lipinski definition) is 0. The van der Waals surface area contributed by atoms with Crippen molar-refractivity contribution in [1.29, 1.82) is 0 Å². The number of halogens is 2. The van der Waals surface area contributed by atoms with Gasteiger partial charge in [0.15, 0.2) is 0 Å². The van der Waals surface area contributed by atoms with Crippen molar-refractivity contribution in [1.82, 2.24) is 4.90 Å². The van der Waals surface area contributed by atoms with Gasteiger partial charge in [-0.15, -0.1) is 11.8 Å². The first-order valence-corrected chi connectivity index (χ1v) is 9.18. The van der Waals surface area contributed by atoms with E-state index in [0.717, 1.165) is 16.2 Å². The molecular weight excluding hydrogens is 428 g/mol. The Bertz CT molecular complexity index is 724. The van der Waals surface area contributed by atoms with Crippen molar-refractivity contribution in [2.45, 2.75) is 11.4 Å². The first kappa shape index (κ1) is 18.1. The largest absolute Gasteiger partial charge is 0.496 e. The second-order valence-electron chi connectivity index (χ2n) is 4.98. The first-order chi connectivity index (χ1) is 11.0. The topological polar surface area (TPSA) is 29.5 Å². The third kappa shape index (κ3) is 4.38. The molecule has 0 bridgehead atoms. The molecule has 0 aliphatic heterocycles. The van der Waals surface area contributed by atoms with E-state index in [1.54, 1.807) is 43.0 Å². The molecule has 0 fully saturated rings. The molecule has 2 rings (SSSR count). The van der Waals surface area contributed by atoms with E-state index in [9.17, 15) is 9.18 Å². The average molecular weight is 445 g/mol. The van der Waals surface area contributed by atoms with Gasteiger partial charge in [-0.2, -0.15) is 0 Å². The average Bonchev–Trinajstić information content (AvgIpc) is 2.56. The molecule has 0 saturated carbocycles. The fraction of sp³-hybridized carbons (Fsp3) is 0.235. The number of benzene rings is 2. The molecule has 0 N–H and O–H groups in total. The van der Waals surface area contributed by atoms with Crippen LogP contribution in [0.4, 0.5) is 4.39 Å². The second kappa shape index (κ2) is 8.01. The number of carbonyl (C=O) groups excluding carboxylic acids is 1. The van der Waals surface area contributed by atoms with E-state index in [4.69, 9.17) is 4.74 Å². The van der Waals surface area contributed by atoms with Crippen LogP contribution in [0.3, 0.4) is 0 Å². The SMILES string of the molecule is COc1cc(CN(C)C(=O)c2ccc(I)c(F)c2)ccc1SC. The Kier molecular flexibility index (Phi) is 6.29. The summed E-state index contributed by atoms with van der Waals surface area (Å²) in [5, 5.41) is 0. The van der Waals surface area contributed by atoms with Crippen molar-refractivity contribution in [3.8, 4) is 5.75 Å². The van der Waals surface area contributed by atoms with E-state index in [0.29, 0.717) is 15.7 Å². The second-order valence-corrected chi connectivity index (χ2v) is 6.99. The van der Waals surface area contributed by atoms with Crippen molar-refractivity contribution in [2.75, 3.05) is 20.4 Å². The quantitative estimate of drug-likeness (QED) is 0.504. The Morgan fingerprint density at radius 3 is 2.65 bits per heavy atom. The molecule has 2 aromatic carbocycles. The van der Waals surface area contributed by atoms with Crippen LogP contribution in [-0.4, -0.2) is 31.2 Å². The zero-order valence-corrected chi connectivity index (χ0v) is 16.1. The Morgan fingerprint density at radius 1 is 1.30 bits per heavy atom. The van der Waals surface area contributed by atoms with Gasteiger partial charge in [-0.1, -0.05) is 6.07 Å². The van der Waals surface area contributed by atoms with Gasteiger partial charge in [0.05, 0.1) is 7.11 Å². The van der Waals surface area contributed by atoms with Gasteiger partial charge < -0.3 is 9.64 Å². The molecular formula is C17H17FINO2S. The predicted molar refractivity (Wildman–Crippen MR) is 99.7 cm³/mol. The molecule has 0 radical (unpaired) electrons. The van der Waals surface area contributed by atoms with E-state index >= 15 is 0 Å². The van der Waals surface area contributed by atoms with E-state index < -0.39 is 0 Å². The van der Waals surface area contributed by atoms with Crippen LogP contribution < -0.4 is 4.74 Å². The van der Waals surface area contributed by atoms with Gasteiger partial charge in [-0.3, -0.25) is 4.79 Å². The fourth-order valence-corrected chi connectivity index (χ4v) is 3.06. The van der Waals surface area contributed by atoms with Gasteiger partial charge in [0, 0.05) is 27.6 Å². The molecule has 0 saturated heterocycles. The summed E-state index contributed by atoms with van der Waals surface area (Å²) in [5.74, 6) is 0.195. The van der Waals surface area contributed by atoms with Crippen LogP contribution in [0.2, 0.25) is 0 Å². The molecule has 6 heteroatoms. The minimum absolute atomic E-state index is 0.215. The van der Waals surface area contributed by atoms with E-state index in [1.807, 2.05) is 47.0 Å².